The summed E-state index contributed by atoms with van der Waals surface area (Å²) >= 11 is 0. The second-order valence-corrected chi connectivity index (χ2v) is 9.89. The average Bonchev–Trinajstić information content (AvgIpc) is 2.88. The first-order valence-electron chi connectivity index (χ1n) is 13.0. The summed E-state index contributed by atoms with van der Waals surface area (Å²) < 4.78 is 5.49. The fraction of sp³-hybridized carbons (Fsp3) is 0.630. The van der Waals surface area contributed by atoms with Crippen LogP contribution >= 0.6 is 0 Å². The molecule has 0 bridgehead atoms. The van der Waals surface area contributed by atoms with Crippen molar-refractivity contribution >= 4 is 0 Å². The van der Waals surface area contributed by atoms with Crippen molar-refractivity contribution in [3.05, 3.63) is 59.2 Å². The molecule has 0 unspecified atom stereocenters. The third-order valence-corrected chi connectivity index (χ3v) is 7.59. The lowest BCUT2D eigenvalue weighted by Crippen LogP contribution is -2.47. The van der Waals surface area contributed by atoms with Crippen LogP contribution in [0.1, 0.15) is 67.1 Å². The minimum atomic E-state index is 0.435. The quantitative estimate of drug-likeness (QED) is 0.572. The largest absolute Gasteiger partial charge is 0.381 e. The summed E-state index contributed by atoms with van der Waals surface area (Å²) in [4.78, 5) is 12.3. The number of aromatic nitrogens is 2. The molecule has 2 N–H and O–H groups in total. The highest BCUT2D eigenvalue weighted by Crippen LogP contribution is 2.33. The topological polar surface area (TPSA) is 62.3 Å². The van der Waals surface area contributed by atoms with Crippen LogP contribution in [0.25, 0.3) is 0 Å². The van der Waals surface area contributed by atoms with E-state index < -0.39 is 0 Å². The SMILES string of the molecule is c1cnc2c(c1)CN[C@@H](CN(CCCCNC1CCOCC1)[C@H]1CCCc3cccnc31)C2. The Balaban J connectivity index is 1.21. The Labute approximate surface area is 198 Å². The Morgan fingerprint density at radius 2 is 1.88 bits per heavy atom. The highest BCUT2D eigenvalue weighted by Gasteiger charge is 2.30. The monoisotopic (exact) mass is 449 g/mol. The van der Waals surface area contributed by atoms with Crippen molar-refractivity contribution in [2.45, 2.75) is 76.0 Å². The maximum absolute atomic E-state index is 5.49. The summed E-state index contributed by atoms with van der Waals surface area (Å²) in [5.41, 5.74) is 5.38. The van der Waals surface area contributed by atoms with Gasteiger partial charge in [0.25, 0.3) is 0 Å². The number of fused-ring (bicyclic) bond motifs is 2. The van der Waals surface area contributed by atoms with E-state index in [0.29, 0.717) is 18.1 Å². The number of unbranched alkanes of at least 4 members (excludes halogenated alkanes) is 1. The van der Waals surface area contributed by atoms with Crippen molar-refractivity contribution in [3.8, 4) is 0 Å². The lowest BCUT2D eigenvalue weighted by Gasteiger charge is -2.38. The number of nitrogens with one attached hydrogen (secondary N) is 2. The van der Waals surface area contributed by atoms with Gasteiger partial charge in [0.05, 0.1) is 11.7 Å². The summed E-state index contributed by atoms with van der Waals surface area (Å²) in [7, 11) is 0. The fourth-order valence-electron chi connectivity index (χ4n) is 5.75. The van der Waals surface area contributed by atoms with E-state index in [-0.39, 0.29) is 0 Å². The van der Waals surface area contributed by atoms with Gasteiger partial charge in [0, 0.05) is 62.9 Å². The molecule has 0 aromatic carbocycles. The van der Waals surface area contributed by atoms with Gasteiger partial charge in [0.1, 0.15) is 0 Å². The molecule has 178 valence electrons. The van der Waals surface area contributed by atoms with Gasteiger partial charge in [-0.05, 0) is 81.3 Å². The number of nitrogens with zero attached hydrogens (tertiary/aromatic N) is 3. The van der Waals surface area contributed by atoms with Gasteiger partial charge in [-0.15, -0.1) is 0 Å². The van der Waals surface area contributed by atoms with Crippen LogP contribution < -0.4 is 10.6 Å². The number of pyridine rings is 2. The molecular formula is C27H39N5O. The lowest BCUT2D eigenvalue weighted by molar-refractivity contribution is 0.0778. The predicted molar refractivity (Wildman–Crippen MR) is 131 cm³/mol. The maximum atomic E-state index is 5.49. The third kappa shape index (κ3) is 5.99. The molecule has 2 atom stereocenters. The Hall–Kier alpha value is -1.86. The number of ether oxygens (including phenoxy) is 1. The molecule has 0 amide bonds. The molecular weight excluding hydrogens is 410 g/mol. The first kappa shape index (κ1) is 22.9. The molecule has 5 rings (SSSR count). The van der Waals surface area contributed by atoms with Crippen molar-refractivity contribution in [3.63, 3.8) is 0 Å². The molecule has 2 aromatic rings. The van der Waals surface area contributed by atoms with E-state index in [9.17, 15) is 0 Å². The molecule has 2 aromatic heterocycles. The summed E-state index contributed by atoms with van der Waals surface area (Å²) in [5.74, 6) is 0. The first-order valence-corrected chi connectivity index (χ1v) is 13.0. The van der Waals surface area contributed by atoms with E-state index in [1.165, 1.54) is 54.6 Å². The second kappa shape index (κ2) is 11.5. The van der Waals surface area contributed by atoms with Crippen molar-refractivity contribution in [2.75, 3.05) is 32.8 Å². The molecule has 0 saturated carbocycles. The molecule has 33 heavy (non-hydrogen) atoms. The molecule has 4 heterocycles. The van der Waals surface area contributed by atoms with Crippen LogP contribution in [0.4, 0.5) is 0 Å². The highest BCUT2D eigenvalue weighted by atomic mass is 16.5. The Morgan fingerprint density at radius 1 is 1.03 bits per heavy atom. The molecule has 3 aliphatic rings. The van der Waals surface area contributed by atoms with Crippen molar-refractivity contribution in [1.82, 2.24) is 25.5 Å². The van der Waals surface area contributed by atoms with E-state index in [1.807, 2.05) is 18.5 Å². The van der Waals surface area contributed by atoms with E-state index >= 15 is 0 Å². The summed E-state index contributed by atoms with van der Waals surface area (Å²) in [6.07, 6.45) is 13.3. The van der Waals surface area contributed by atoms with E-state index in [4.69, 9.17) is 9.72 Å². The van der Waals surface area contributed by atoms with Gasteiger partial charge < -0.3 is 15.4 Å². The van der Waals surface area contributed by atoms with Gasteiger partial charge >= 0.3 is 0 Å². The Kier molecular flexibility index (Phi) is 8.00. The number of hydrogen-bond donors (Lipinski definition) is 2. The first-order chi connectivity index (χ1) is 16.4. The standard InChI is InChI=1S/C27H39N5O/c1(12-28-23-10-16-33-17-11-23)2-15-32(26-9-3-6-21-7-4-14-30-27(21)26)20-24-18-25-22(19-31-24)8-5-13-29-25/h4-5,7-8,13-14,23-24,26,28,31H,1-3,6,9-12,15-20H2/t24-,26+/m1/s1. The molecule has 1 aliphatic carbocycles. The third-order valence-electron chi connectivity index (χ3n) is 7.59. The van der Waals surface area contributed by atoms with Crippen molar-refractivity contribution in [2.24, 2.45) is 0 Å². The summed E-state index contributed by atoms with van der Waals surface area (Å²) in [6.45, 7) is 6.04. The van der Waals surface area contributed by atoms with Gasteiger partial charge in [-0.25, -0.2) is 0 Å². The molecule has 2 aliphatic heterocycles. The van der Waals surface area contributed by atoms with Crippen LogP contribution in [0, 0.1) is 0 Å². The molecule has 1 fully saturated rings. The smallest absolute Gasteiger partial charge is 0.0607 e. The summed E-state index contributed by atoms with van der Waals surface area (Å²) in [6, 6.07) is 10.2. The predicted octanol–water partition coefficient (Wildman–Crippen LogP) is 3.42. The van der Waals surface area contributed by atoms with Crippen LogP contribution in [0.2, 0.25) is 0 Å². The van der Waals surface area contributed by atoms with Crippen LogP contribution in [-0.2, 0) is 24.1 Å². The van der Waals surface area contributed by atoms with E-state index in [1.54, 1.807) is 0 Å². The van der Waals surface area contributed by atoms with E-state index in [0.717, 1.165) is 58.7 Å². The lowest BCUT2D eigenvalue weighted by atomic mass is 9.90. The van der Waals surface area contributed by atoms with Gasteiger partial charge in [-0.1, -0.05) is 12.1 Å². The van der Waals surface area contributed by atoms with Gasteiger partial charge in [-0.3, -0.25) is 14.9 Å². The summed E-state index contributed by atoms with van der Waals surface area (Å²) in [5, 5.41) is 7.54. The van der Waals surface area contributed by atoms with Crippen LogP contribution in [0.3, 0.4) is 0 Å². The molecule has 6 nitrogen and oxygen atoms in total. The van der Waals surface area contributed by atoms with E-state index in [2.05, 4.69) is 38.7 Å². The van der Waals surface area contributed by atoms with Gasteiger partial charge in [0.2, 0.25) is 0 Å². The van der Waals surface area contributed by atoms with Crippen LogP contribution in [-0.4, -0.2) is 59.8 Å². The Morgan fingerprint density at radius 3 is 2.79 bits per heavy atom. The molecule has 0 spiro atoms. The minimum Gasteiger partial charge on any atom is -0.381 e. The normalized spacial score (nSPS) is 23.3. The molecule has 0 radical (unpaired) electrons. The highest BCUT2D eigenvalue weighted by molar-refractivity contribution is 5.26. The van der Waals surface area contributed by atoms with Crippen molar-refractivity contribution < 1.29 is 4.74 Å². The fourth-order valence-corrected chi connectivity index (χ4v) is 5.75. The van der Waals surface area contributed by atoms with Gasteiger partial charge in [0.15, 0.2) is 0 Å². The zero-order chi connectivity index (χ0) is 22.3. The second-order valence-electron chi connectivity index (χ2n) is 9.89. The van der Waals surface area contributed by atoms with Crippen LogP contribution in [0.15, 0.2) is 36.7 Å². The van der Waals surface area contributed by atoms with Gasteiger partial charge in [-0.2, -0.15) is 0 Å². The average molecular weight is 450 g/mol. The van der Waals surface area contributed by atoms with Crippen molar-refractivity contribution in [1.29, 1.82) is 0 Å². The molecule has 1 saturated heterocycles. The zero-order valence-corrected chi connectivity index (χ0v) is 19.8. The van der Waals surface area contributed by atoms with Crippen LogP contribution in [0.5, 0.6) is 0 Å². The zero-order valence-electron chi connectivity index (χ0n) is 19.8. The molecule has 6 heteroatoms. The Bertz CT molecular complexity index is 884. The number of rotatable bonds is 9. The number of hydrogen-bond acceptors (Lipinski definition) is 6. The number of aryl methyl sites for hydroxylation is 1. The maximum Gasteiger partial charge on any atom is 0.0607 e. The minimum absolute atomic E-state index is 0.435.